The molecule has 0 saturated carbocycles. The van der Waals surface area contributed by atoms with Crippen molar-refractivity contribution in [2.75, 3.05) is 0 Å². The summed E-state index contributed by atoms with van der Waals surface area (Å²) >= 11 is 0. The third kappa shape index (κ3) is 11.9. The van der Waals surface area contributed by atoms with Gasteiger partial charge in [0.2, 0.25) is 17.7 Å². The van der Waals surface area contributed by atoms with Gasteiger partial charge >= 0.3 is 5.97 Å². The SMILES string of the molecule is CCCCCCC[C@@H]1CC(=O)N[C@H](CC(C)C)C(=O)N[C@@H](CC(C)C)C(=O)N[C@@H](C(C)C)C(=O)O1. The van der Waals surface area contributed by atoms with Gasteiger partial charge in [-0.1, -0.05) is 74.1 Å². The molecule has 1 fully saturated rings. The second-order valence-electron chi connectivity index (χ2n) is 11.1. The summed E-state index contributed by atoms with van der Waals surface area (Å²) in [5.41, 5.74) is 0. The molecule has 1 saturated heterocycles. The van der Waals surface area contributed by atoms with E-state index < -0.39 is 36.1 Å². The van der Waals surface area contributed by atoms with E-state index in [1.807, 2.05) is 41.5 Å². The zero-order chi connectivity index (χ0) is 26.5. The van der Waals surface area contributed by atoms with Gasteiger partial charge in [-0.25, -0.2) is 4.79 Å². The molecule has 1 aliphatic heterocycles. The van der Waals surface area contributed by atoms with Gasteiger partial charge in [0.05, 0.1) is 6.42 Å². The highest BCUT2D eigenvalue weighted by Crippen LogP contribution is 2.17. The topological polar surface area (TPSA) is 114 Å². The van der Waals surface area contributed by atoms with Crippen molar-refractivity contribution in [1.82, 2.24) is 16.0 Å². The molecule has 0 aromatic rings. The summed E-state index contributed by atoms with van der Waals surface area (Å²) in [6, 6.07) is -2.42. The minimum atomic E-state index is -0.855. The lowest BCUT2D eigenvalue weighted by Crippen LogP contribution is -2.56. The number of hydrogen-bond acceptors (Lipinski definition) is 5. The molecule has 3 amide bonds. The number of ether oxygens (including phenoxy) is 1. The summed E-state index contributed by atoms with van der Waals surface area (Å²) in [5.74, 6) is -1.55. The van der Waals surface area contributed by atoms with Crippen LogP contribution in [0.5, 0.6) is 0 Å². The fourth-order valence-corrected chi connectivity index (χ4v) is 4.31. The summed E-state index contributed by atoms with van der Waals surface area (Å²) in [7, 11) is 0. The van der Waals surface area contributed by atoms with Gasteiger partial charge < -0.3 is 20.7 Å². The van der Waals surface area contributed by atoms with Crippen LogP contribution in [0.4, 0.5) is 0 Å². The van der Waals surface area contributed by atoms with Crippen LogP contribution in [-0.2, 0) is 23.9 Å². The molecule has 0 unspecified atom stereocenters. The van der Waals surface area contributed by atoms with Crippen molar-refractivity contribution >= 4 is 23.7 Å². The van der Waals surface area contributed by atoms with Gasteiger partial charge in [0.15, 0.2) is 0 Å². The third-order valence-electron chi connectivity index (χ3n) is 6.24. The normalized spacial score (nSPS) is 24.9. The maximum Gasteiger partial charge on any atom is 0.329 e. The Morgan fingerprint density at radius 2 is 1.31 bits per heavy atom. The molecule has 0 aromatic carbocycles. The molecular weight excluding hydrogens is 446 g/mol. The van der Waals surface area contributed by atoms with E-state index >= 15 is 0 Å². The van der Waals surface area contributed by atoms with Crippen LogP contribution in [0.25, 0.3) is 0 Å². The summed E-state index contributed by atoms with van der Waals surface area (Å²) in [4.78, 5) is 52.4. The van der Waals surface area contributed by atoms with E-state index in [1.165, 1.54) is 0 Å². The molecule has 0 aromatic heterocycles. The van der Waals surface area contributed by atoms with Crippen molar-refractivity contribution in [3.05, 3.63) is 0 Å². The zero-order valence-corrected chi connectivity index (χ0v) is 22.9. The molecule has 0 spiro atoms. The first-order chi connectivity index (χ1) is 16.4. The van der Waals surface area contributed by atoms with Crippen molar-refractivity contribution < 1.29 is 23.9 Å². The predicted octanol–water partition coefficient (Wildman–Crippen LogP) is 3.87. The Balaban J connectivity index is 3.22. The number of carbonyl (C=O) groups is 4. The second-order valence-corrected chi connectivity index (χ2v) is 11.1. The standard InChI is InChI=1S/C27H49N3O5/c1-8-9-10-11-12-13-20-16-23(31)28-21(14-17(2)3)25(32)29-22(15-18(4)5)26(33)30-24(19(6)7)27(34)35-20/h17-22,24H,8-16H2,1-7H3,(H,28,31)(H,29,32)(H,30,33)/t20-,21-,22+,24+/m1/s1. The molecule has 1 rings (SSSR count). The predicted molar refractivity (Wildman–Crippen MR) is 137 cm³/mol. The van der Waals surface area contributed by atoms with Crippen LogP contribution in [-0.4, -0.2) is 47.9 Å². The number of cyclic esters (lactones) is 1. The molecule has 8 heteroatoms. The summed E-state index contributed by atoms with van der Waals surface area (Å²) in [6.45, 7) is 13.7. The van der Waals surface area contributed by atoms with Gasteiger partial charge in [0.25, 0.3) is 0 Å². The highest BCUT2D eigenvalue weighted by atomic mass is 16.5. The number of rotatable bonds is 11. The first kappa shape index (κ1) is 30.9. The Morgan fingerprint density at radius 3 is 1.86 bits per heavy atom. The van der Waals surface area contributed by atoms with E-state index in [-0.39, 0.29) is 36.0 Å². The lowest BCUT2D eigenvalue weighted by molar-refractivity contribution is -0.156. The molecule has 202 valence electrons. The fourth-order valence-electron chi connectivity index (χ4n) is 4.31. The van der Waals surface area contributed by atoms with Gasteiger partial charge in [-0.15, -0.1) is 0 Å². The number of amides is 3. The Labute approximate surface area is 212 Å². The molecule has 4 atom stereocenters. The molecule has 1 aliphatic rings. The van der Waals surface area contributed by atoms with Gasteiger partial charge in [-0.3, -0.25) is 14.4 Å². The summed E-state index contributed by atoms with van der Waals surface area (Å²) in [5, 5.41) is 8.49. The Morgan fingerprint density at radius 1 is 0.771 bits per heavy atom. The van der Waals surface area contributed by atoms with Gasteiger partial charge in [-0.05, 0) is 43.4 Å². The van der Waals surface area contributed by atoms with E-state index in [0.717, 1.165) is 32.1 Å². The van der Waals surface area contributed by atoms with E-state index in [2.05, 4.69) is 22.9 Å². The van der Waals surface area contributed by atoms with Crippen molar-refractivity contribution in [2.45, 2.75) is 130 Å². The van der Waals surface area contributed by atoms with Crippen molar-refractivity contribution in [2.24, 2.45) is 17.8 Å². The largest absolute Gasteiger partial charge is 0.460 e. The molecule has 3 N–H and O–H groups in total. The molecule has 0 bridgehead atoms. The van der Waals surface area contributed by atoms with Crippen LogP contribution < -0.4 is 16.0 Å². The van der Waals surface area contributed by atoms with E-state index in [1.54, 1.807) is 0 Å². The van der Waals surface area contributed by atoms with E-state index in [0.29, 0.717) is 19.3 Å². The molecule has 8 nitrogen and oxygen atoms in total. The number of hydrogen-bond donors (Lipinski definition) is 3. The van der Waals surface area contributed by atoms with Gasteiger partial charge in [0, 0.05) is 0 Å². The minimum Gasteiger partial charge on any atom is -0.460 e. The van der Waals surface area contributed by atoms with E-state index in [9.17, 15) is 19.2 Å². The van der Waals surface area contributed by atoms with E-state index in [4.69, 9.17) is 4.74 Å². The molecule has 0 aliphatic carbocycles. The first-order valence-corrected chi connectivity index (χ1v) is 13.5. The van der Waals surface area contributed by atoms with Crippen molar-refractivity contribution in [3.8, 4) is 0 Å². The summed E-state index contributed by atoms with van der Waals surface area (Å²) in [6.07, 6.45) is 6.06. The van der Waals surface area contributed by atoms with Crippen LogP contribution in [0.1, 0.15) is 106 Å². The average molecular weight is 496 g/mol. The lowest BCUT2D eigenvalue weighted by atomic mass is 9.99. The molecule has 0 radical (unpaired) electrons. The number of esters is 1. The van der Waals surface area contributed by atoms with Crippen LogP contribution in [0.3, 0.4) is 0 Å². The average Bonchev–Trinajstić information content (AvgIpc) is 2.74. The first-order valence-electron chi connectivity index (χ1n) is 13.5. The van der Waals surface area contributed by atoms with Crippen LogP contribution in [0, 0.1) is 17.8 Å². The lowest BCUT2D eigenvalue weighted by Gasteiger charge is -2.27. The van der Waals surface area contributed by atoms with Crippen LogP contribution >= 0.6 is 0 Å². The Hall–Kier alpha value is -2.12. The van der Waals surface area contributed by atoms with Gasteiger partial charge in [0.1, 0.15) is 24.2 Å². The number of unbranched alkanes of at least 4 members (excludes halogenated alkanes) is 4. The molecular formula is C27H49N3O5. The highest BCUT2D eigenvalue weighted by molar-refractivity contribution is 5.94. The second kappa shape index (κ2) is 15.8. The van der Waals surface area contributed by atoms with Crippen molar-refractivity contribution in [3.63, 3.8) is 0 Å². The quantitative estimate of drug-likeness (QED) is 0.297. The summed E-state index contributed by atoms with van der Waals surface area (Å²) < 4.78 is 5.80. The molecule has 35 heavy (non-hydrogen) atoms. The fraction of sp³-hybridized carbons (Fsp3) is 0.852. The third-order valence-corrected chi connectivity index (χ3v) is 6.24. The smallest absolute Gasteiger partial charge is 0.329 e. The number of carbonyl (C=O) groups excluding carboxylic acids is 4. The Kier molecular flexibility index (Phi) is 13.9. The van der Waals surface area contributed by atoms with Crippen LogP contribution in [0.15, 0.2) is 0 Å². The monoisotopic (exact) mass is 495 g/mol. The maximum absolute atomic E-state index is 13.2. The number of nitrogens with one attached hydrogen (secondary N) is 3. The highest BCUT2D eigenvalue weighted by Gasteiger charge is 2.34. The van der Waals surface area contributed by atoms with Gasteiger partial charge in [-0.2, -0.15) is 0 Å². The maximum atomic E-state index is 13.2. The molecule has 1 heterocycles. The minimum absolute atomic E-state index is 0.00439. The zero-order valence-electron chi connectivity index (χ0n) is 22.9. The van der Waals surface area contributed by atoms with Crippen molar-refractivity contribution in [1.29, 1.82) is 0 Å². The Bertz CT molecular complexity index is 692. The van der Waals surface area contributed by atoms with Crippen LogP contribution in [0.2, 0.25) is 0 Å².